The zero-order valence-electron chi connectivity index (χ0n) is 31.8. The maximum Gasteiger partial charge on any atom is 0.269 e. The summed E-state index contributed by atoms with van der Waals surface area (Å²) in [5.74, 6) is 0. The van der Waals surface area contributed by atoms with E-state index in [2.05, 4.69) is 36.4 Å². The minimum Gasteiger partial charge on any atom is -0.298 e. The molecule has 3 aromatic heterocycles. The Morgan fingerprint density at radius 1 is 0.614 bits per heavy atom. The van der Waals surface area contributed by atoms with Gasteiger partial charge in [-0.25, -0.2) is 0 Å². The van der Waals surface area contributed by atoms with Crippen LogP contribution in [0.2, 0.25) is 0 Å². The molecule has 2 saturated carbocycles. The summed E-state index contributed by atoms with van der Waals surface area (Å²) in [7, 11) is 0. The first kappa shape index (κ1) is 37.0. The van der Waals surface area contributed by atoms with Crippen LogP contribution in [0.4, 0.5) is 0 Å². The Bertz CT molecular complexity index is 2970. The monoisotopic (exact) mass is 802 g/mol. The number of allylic oxidation sites excluding steroid dienone is 2. The van der Waals surface area contributed by atoms with E-state index in [-0.39, 0.29) is 33.1 Å². The van der Waals surface area contributed by atoms with E-state index in [1.165, 1.54) is 77.9 Å². The number of hydrogen-bond acceptors (Lipinski definition) is 9. The van der Waals surface area contributed by atoms with E-state index in [0.717, 1.165) is 62.5 Å². The van der Waals surface area contributed by atoms with Gasteiger partial charge >= 0.3 is 0 Å². The molecule has 8 nitrogen and oxygen atoms in total. The Morgan fingerprint density at radius 3 is 1.35 bits per heavy atom. The minimum atomic E-state index is -0.217. The molecule has 11 heteroatoms. The van der Waals surface area contributed by atoms with Gasteiger partial charge in [0.2, 0.25) is 0 Å². The van der Waals surface area contributed by atoms with Gasteiger partial charge in [0.15, 0.2) is 11.1 Å². The van der Waals surface area contributed by atoms with E-state index in [1.807, 2.05) is 50.3 Å². The van der Waals surface area contributed by atoms with Gasteiger partial charge in [0.1, 0.15) is 33.6 Å². The first-order valence-electron chi connectivity index (χ1n) is 19.8. The largest absolute Gasteiger partial charge is 0.298 e. The van der Waals surface area contributed by atoms with Crippen molar-refractivity contribution >= 4 is 89.6 Å². The van der Waals surface area contributed by atoms with Crippen LogP contribution in [0.5, 0.6) is 0 Å². The van der Waals surface area contributed by atoms with E-state index in [4.69, 9.17) is 0 Å². The lowest BCUT2D eigenvalue weighted by Crippen LogP contribution is -2.33. The number of rotatable bonds is 4. The minimum absolute atomic E-state index is 0.0348. The van der Waals surface area contributed by atoms with Gasteiger partial charge in [-0.05, 0) is 109 Å². The molecule has 2 fully saturated rings. The number of benzene rings is 2. The Kier molecular flexibility index (Phi) is 9.18. The normalized spacial score (nSPS) is 18.2. The number of hydrogen-bond donors (Lipinski definition) is 0. The highest BCUT2D eigenvalue weighted by atomic mass is 32.1. The lowest BCUT2D eigenvalue weighted by Gasteiger charge is -2.37. The Balaban J connectivity index is 1.21. The number of aromatic nitrogens is 2. The Morgan fingerprint density at radius 2 is 1.00 bits per heavy atom. The molecule has 0 atom stereocenters. The van der Waals surface area contributed by atoms with E-state index in [1.54, 1.807) is 20.5 Å². The molecule has 57 heavy (non-hydrogen) atoms. The molecule has 0 amide bonds. The molecule has 3 heterocycles. The zero-order valence-corrected chi connectivity index (χ0v) is 34.3. The van der Waals surface area contributed by atoms with Crippen LogP contribution >= 0.6 is 34.0 Å². The molecule has 9 rings (SSSR count). The van der Waals surface area contributed by atoms with Crippen molar-refractivity contribution in [2.75, 3.05) is 0 Å². The van der Waals surface area contributed by atoms with Gasteiger partial charge in [-0.1, -0.05) is 50.7 Å². The Labute approximate surface area is 341 Å². The van der Waals surface area contributed by atoms with Crippen LogP contribution in [0.15, 0.2) is 45.0 Å². The fourth-order valence-electron chi connectivity index (χ4n) is 10.2. The summed E-state index contributed by atoms with van der Waals surface area (Å²) in [6.45, 7) is 4.50. The summed E-state index contributed by atoms with van der Waals surface area (Å²) in [6, 6.07) is 17.5. The quantitative estimate of drug-likeness (QED) is 0.190. The summed E-state index contributed by atoms with van der Waals surface area (Å²) in [5, 5.41) is 41.0. The molecule has 2 aromatic carbocycles. The maximum atomic E-state index is 13.7. The average Bonchev–Trinajstić information content (AvgIpc) is 3.98. The topological polar surface area (TPSA) is 139 Å². The summed E-state index contributed by atoms with van der Waals surface area (Å²) < 4.78 is 7.49. The highest BCUT2D eigenvalue weighted by Crippen LogP contribution is 2.56. The van der Waals surface area contributed by atoms with Crippen molar-refractivity contribution in [1.29, 1.82) is 21.0 Å². The molecular formula is C46H38N6O2S3. The molecule has 0 radical (unpaired) electrons. The molecule has 0 N–H and O–H groups in total. The van der Waals surface area contributed by atoms with Crippen molar-refractivity contribution < 1.29 is 0 Å². The number of nitriles is 4. The first-order chi connectivity index (χ1) is 27.7. The lowest BCUT2D eigenvalue weighted by atomic mass is 9.66. The van der Waals surface area contributed by atoms with Gasteiger partial charge < -0.3 is 0 Å². The van der Waals surface area contributed by atoms with Gasteiger partial charge in [-0.2, -0.15) is 21.0 Å². The van der Waals surface area contributed by atoms with E-state index >= 15 is 0 Å². The van der Waals surface area contributed by atoms with Crippen molar-refractivity contribution in [3.05, 3.63) is 96.8 Å². The van der Waals surface area contributed by atoms with E-state index in [0.29, 0.717) is 31.5 Å². The first-order valence-corrected chi connectivity index (χ1v) is 22.2. The number of thiazole rings is 2. The highest BCUT2D eigenvalue weighted by Gasteiger charge is 2.44. The molecule has 2 spiro atoms. The van der Waals surface area contributed by atoms with Crippen LogP contribution in [-0.2, 0) is 23.9 Å². The van der Waals surface area contributed by atoms with Crippen LogP contribution in [0.25, 0.3) is 55.6 Å². The van der Waals surface area contributed by atoms with Gasteiger partial charge in [0, 0.05) is 44.1 Å². The van der Waals surface area contributed by atoms with E-state index < -0.39 is 0 Å². The average molecular weight is 803 g/mol. The van der Waals surface area contributed by atoms with Gasteiger partial charge in [-0.15, -0.1) is 34.0 Å². The van der Waals surface area contributed by atoms with Crippen LogP contribution in [0, 0.1) is 45.3 Å². The second-order valence-electron chi connectivity index (χ2n) is 15.6. The smallest absolute Gasteiger partial charge is 0.269 e. The summed E-state index contributed by atoms with van der Waals surface area (Å²) in [5.41, 5.74) is 6.50. The summed E-state index contributed by atoms with van der Waals surface area (Å²) in [4.78, 5) is 27.3. The second-order valence-corrected chi connectivity index (χ2v) is 18.7. The molecular weight excluding hydrogens is 765 g/mol. The number of nitrogens with zero attached hydrogens (tertiary/aromatic N) is 6. The predicted molar refractivity (Wildman–Crippen MR) is 230 cm³/mol. The van der Waals surface area contributed by atoms with Crippen molar-refractivity contribution in [3.63, 3.8) is 0 Å². The van der Waals surface area contributed by atoms with Crippen LogP contribution < -0.4 is 29.5 Å². The molecule has 4 aliphatic rings. The molecule has 0 unspecified atom stereocenters. The fraction of sp³-hybridized carbons (Fsp3) is 0.348. The van der Waals surface area contributed by atoms with Crippen molar-refractivity contribution in [3.8, 4) is 24.3 Å². The number of thiophene rings is 1. The third-order valence-electron chi connectivity index (χ3n) is 12.9. The van der Waals surface area contributed by atoms with Gasteiger partial charge in [-0.3, -0.25) is 18.7 Å². The maximum absolute atomic E-state index is 13.7. The second kappa shape index (κ2) is 14.1. The zero-order chi connectivity index (χ0) is 39.6. The lowest BCUT2D eigenvalue weighted by molar-refractivity contribution is 0.353. The third-order valence-corrected chi connectivity index (χ3v) is 16.3. The molecule has 4 aliphatic carbocycles. The standard InChI is InChI=1S/C46H38N6O2S3/c1-3-51-41(53)39(56-43(51)29(23-47)24-48)19-31-15-27-17-37-33(21-35(27)45(31)11-7-5-8-12-45)34-22-36-28(18-38(34)55-37)16-32(46(36)13-9-6-10-14-46)20-40-42(54)52(4-2)44(57-40)30(25-49)26-50/h15-22H,3-14H2,1-2H3/b39-19-,40-20-. The van der Waals surface area contributed by atoms with Crippen LogP contribution in [-0.4, -0.2) is 9.13 Å². The van der Waals surface area contributed by atoms with Crippen molar-refractivity contribution in [2.45, 2.75) is 102 Å². The Hall–Kier alpha value is -5.56. The van der Waals surface area contributed by atoms with Crippen LogP contribution in [0.1, 0.15) is 100 Å². The highest BCUT2D eigenvalue weighted by molar-refractivity contribution is 7.25. The molecule has 282 valence electrons. The van der Waals surface area contributed by atoms with E-state index in [9.17, 15) is 30.6 Å². The molecule has 0 bridgehead atoms. The summed E-state index contributed by atoms with van der Waals surface area (Å²) >= 11 is 4.28. The third kappa shape index (κ3) is 5.52. The SMILES string of the molecule is CCn1c(=C(C#N)C#N)s/c(=C\C2=Cc3cc4sc5cc6c(cc5c4cc3C23CCCCC3)C2(CCCCC2)C(/C=c2\sc(=C(C#N)C#N)n(CC)c2=O)=C6)c1=O. The number of fused-ring (bicyclic) bond motifs is 7. The van der Waals surface area contributed by atoms with Crippen molar-refractivity contribution in [2.24, 2.45) is 0 Å². The molecule has 0 aliphatic heterocycles. The molecule has 5 aromatic rings. The summed E-state index contributed by atoms with van der Waals surface area (Å²) in [6.07, 6.45) is 19.4. The van der Waals surface area contributed by atoms with Crippen molar-refractivity contribution in [1.82, 2.24) is 9.13 Å². The van der Waals surface area contributed by atoms with Gasteiger partial charge in [0.25, 0.3) is 11.1 Å². The fourth-order valence-corrected chi connectivity index (χ4v) is 13.6. The van der Waals surface area contributed by atoms with Crippen LogP contribution in [0.3, 0.4) is 0 Å². The molecule has 0 saturated heterocycles. The predicted octanol–water partition coefficient (Wildman–Crippen LogP) is 7.10. The van der Waals surface area contributed by atoms with Gasteiger partial charge in [0.05, 0.1) is 9.06 Å².